The molecule has 106 valence electrons. The van der Waals surface area contributed by atoms with Crippen LogP contribution in [0.3, 0.4) is 0 Å². The van der Waals surface area contributed by atoms with Gasteiger partial charge >= 0.3 is 0 Å². The van der Waals surface area contributed by atoms with E-state index in [0.29, 0.717) is 19.4 Å². The number of aryl methyl sites for hydroxylation is 1. The third-order valence-corrected chi connectivity index (χ3v) is 3.36. The maximum absolute atomic E-state index is 11.7. The number of rotatable bonds is 7. The number of carbonyl (C=O) groups excluding carboxylic acids is 1. The van der Waals surface area contributed by atoms with Gasteiger partial charge in [0.15, 0.2) is 0 Å². The van der Waals surface area contributed by atoms with Crippen LogP contribution in [0.4, 0.5) is 5.69 Å². The zero-order valence-electron chi connectivity index (χ0n) is 12.0. The molecular weight excluding hydrogens is 240 g/mol. The van der Waals surface area contributed by atoms with E-state index in [1.165, 1.54) is 0 Å². The standard InChI is InChI=1S/C15H24N2O2/c1-4-15(19,5-2)11-16-10-14(18)17-13-8-6-7-12(3)9-13/h6-9,16,19H,4-5,10-11H2,1-3H3,(H,17,18). The molecule has 0 aromatic heterocycles. The minimum atomic E-state index is -0.719. The topological polar surface area (TPSA) is 61.4 Å². The van der Waals surface area contributed by atoms with Crippen molar-refractivity contribution in [3.63, 3.8) is 0 Å². The molecule has 0 radical (unpaired) electrons. The molecular formula is C15H24N2O2. The number of aliphatic hydroxyl groups is 1. The summed E-state index contributed by atoms with van der Waals surface area (Å²) in [6, 6.07) is 7.67. The molecule has 0 fully saturated rings. The van der Waals surface area contributed by atoms with Crippen molar-refractivity contribution in [2.24, 2.45) is 0 Å². The summed E-state index contributed by atoms with van der Waals surface area (Å²) in [6.45, 7) is 6.50. The van der Waals surface area contributed by atoms with Gasteiger partial charge in [0, 0.05) is 12.2 Å². The SMILES string of the molecule is CCC(O)(CC)CNCC(=O)Nc1cccc(C)c1. The molecule has 4 nitrogen and oxygen atoms in total. The van der Waals surface area contributed by atoms with Gasteiger partial charge < -0.3 is 15.7 Å². The van der Waals surface area contributed by atoms with Gasteiger partial charge in [0.1, 0.15) is 0 Å². The lowest BCUT2D eigenvalue weighted by molar-refractivity contribution is -0.115. The van der Waals surface area contributed by atoms with Crippen molar-refractivity contribution < 1.29 is 9.90 Å². The minimum Gasteiger partial charge on any atom is -0.389 e. The van der Waals surface area contributed by atoms with E-state index in [1.54, 1.807) is 0 Å². The van der Waals surface area contributed by atoms with E-state index >= 15 is 0 Å². The van der Waals surface area contributed by atoms with Crippen molar-refractivity contribution in [3.05, 3.63) is 29.8 Å². The zero-order chi connectivity index (χ0) is 14.3. The summed E-state index contributed by atoms with van der Waals surface area (Å²) in [5.74, 6) is -0.0971. The largest absolute Gasteiger partial charge is 0.389 e. The Bertz CT molecular complexity index is 414. The average molecular weight is 264 g/mol. The van der Waals surface area contributed by atoms with E-state index in [4.69, 9.17) is 0 Å². The Morgan fingerprint density at radius 3 is 2.58 bits per heavy atom. The minimum absolute atomic E-state index is 0.0971. The van der Waals surface area contributed by atoms with Crippen LogP contribution >= 0.6 is 0 Å². The molecule has 1 aromatic rings. The Morgan fingerprint density at radius 1 is 1.32 bits per heavy atom. The monoisotopic (exact) mass is 264 g/mol. The van der Waals surface area contributed by atoms with Gasteiger partial charge in [0.2, 0.25) is 5.91 Å². The Labute approximate surface area is 115 Å². The molecule has 1 aromatic carbocycles. The van der Waals surface area contributed by atoms with E-state index in [9.17, 15) is 9.90 Å². The molecule has 3 N–H and O–H groups in total. The Balaban J connectivity index is 2.36. The molecule has 0 aliphatic heterocycles. The molecule has 0 spiro atoms. The first kappa shape index (κ1) is 15.7. The van der Waals surface area contributed by atoms with Gasteiger partial charge in [0.05, 0.1) is 12.1 Å². The molecule has 0 unspecified atom stereocenters. The second-order valence-corrected chi connectivity index (χ2v) is 4.95. The van der Waals surface area contributed by atoms with Gasteiger partial charge in [-0.3, -0.25) is 4.79 Å². The molecule has 0 aliphatic carbocycles. The zero-order valence-corrected chi connectivity index (χ0v) is 12.0. The van der Waals surface area contributed by atoms with Crippen molar-refractivity contribution in [1.29, 1.82) is 0 Å². The Morgan fingerprint density at radius 2 is 2.00 bits per heavy atom. The van der Waals surface area contributed by atoms with Gasteiger partial charge in [-0.1, -0.05) is 26.0 Å². The van der Waals surface area contributed by atoms with Gasteiger partial charge in [-0.05, 0) is 37.5 Å². The highest BCUT2D eigenvalue weighted by Gasteiger charge is 2.21. The fourth-order valence-electron chi connectivity index (χ4n) is 1.84. The smallest absolute Gasteiger partial charge is 0.238 e. The fourth-order valence-corrected chi connectivity index (χ4v) is 1.84. The van der Waals surface area contributed by atoms with Crippen LogP contribution in [0.5, 0.6) is 0 Å². The highest BCUT2D eigenvalue weighted by Crippen LogP contribution is 2.12. The van der Waals surface area contributed by atoms with Gasteiger partial charge in [0.25, 0.3) is 0 Å². The van der Waals surface area contributed by atoms with Crippen LogP contribution in [0.15, 0.2) is 24.3 Å². The van der Waals surface area contributed by atoms with Crippen LogP contribution < -0.4 is 10.6 Å². The second kappa shape index (κ2) is 7.26. The number of benzene rings is 1. The van der Waals surface area contributed by atoms with E-state index in [2.05, 4.69) is 10.6 Å². The van der Waals surface area contributed by atoms with Gasteiger partial charge in [-0.25, -0.2) is 0 Å². The van der Waals surface area contributed by atoms with Crippen LogP contribution in [-0.2, 0) is 4.79 Å². The van der Waals surface area contributed by atoms with E-state index < -0.39 is 5.60 Å². The highest BCUT2D eigenvalue weighted by molar-refractivity contribution is 5.92. The molecule has 1 rings (SSSR count). The first-order chi connectivity index (χ1) is 8.99. The summed E-state index contributed by atoms with van der Waals surface area (Å²) >= 11 is 0. The number of anilines is 1. The van der Waals surface area contributed by atoms with Crippen molar-refractivity contribution in [2.45, 2.75) is 39.2 Å². The normalized spacial score (nSPS) is 11.4. The predicted octanol–water partition coefficient (Wildman–Crippen LogP) is 2.07. The molecule has 0 heterocycles. The number of hydrogen-bond donors (Lipinski definition) is 3. The summed E-state index contributed by atoms with van der Waals surface area (Å²) in [4.78, 5) is 11.7. The van der Waals surface area contributed by atoms with Crippen LogP contribution in [0, 0.1) is 6.92 Å². The third kappa shape index (κ3) is 5.41. The Kier molecular flexibility index (Phi) is 5.99. The quantitative estimate of drug-likeness (QED) is 0.706. The summed E-state index contributed by atoms with van der Waals surface area (Å²) in [5, 5.41) is 15.9. The number of amides is 1. The third-order valence-electron chi connectivity index (χ3n) is 3.36. The summed E-state index contributed by atoms with van der Waals surface area (Å²) in [5.41, 5.74) is 1.19. The van der Waals surface area contributed by atoms with Crippen LogP contribution in [0.25, 0.3) is 0 Å². The van der Waals surface area contributed by atoms with Gasteiger partial charge in [-0.2, -0.15) is 0 Å². The van der Waals surface area contributed by atoms with Gasteiger partial charge in [-0.15, -0.1) is 0 Å². The highest BCUT2D eigenvalue weighted by atomic mass is 16.3. The summed E-state index contributed by atoms with van der Waals surface area (Å²) < 4.78 is 0. The van der Waals surface area contributed by atoms with Crippen molar-refractivity contribution >= 4 is 11.6 Å². The molecule has 4 heteroatoms. The van der Waals surface area contributed by atoms with Crippen LogP contribution in [0.1, 0.15) is 32.3 Å². The second-order valence-electron chi connectivity index (χ2n) is 4.95. The van der Waals surface area contributed by atoms with Crippen molar-refractivity contribution in [2.75, 3.05) is 18.4 Å². The maximum Gasteiger partial charge on any atom is 0.238 e. The molecule has 0 saturated heterocycles. The lowest BCUT2D eigenvalue weighted by atomic mass is 9.98. The summed E-state index contributed by atoms with van der Waals surface area (Å²) in [6.07, 6.45) is 1.35. The average Bonchev–Trinajstić information content (AvgIpc) is 2.38. The predicted molar refractivity (Wildman–Crippen MR) is 78.2 cm³/mol. The van der Waals surface area contributed by atoms with Crippen LogP contribution in [0.2, 0.25) is 0 Å². The molecule has 0 aliphatic rings. The van der Waals surface area contributed by atoms with E-state index in [-0.39, 0.29) is 12.5 Å². The number of nitrogens with one attached hydrogen (secondary N) is 2. The number of hydrogen-bond acceptors (Lipinski definition) is 3. The first-order valence-electron chi connectivity index (χ1n) is 6.78. The molecule has 0 atom stereocenters. The van der Waals surface area contributed by atoms with E-state index in [0.717, 1.165) is 11.3 Å². The first-order valence-corrected chi connectivity index (χ1v) is 6.78. The lowest BCUT2D eigenvalue weighted by Crippen LogP contribution is -2.42. The fraction of sp³-hybridized carbons (Fsp3) is 0.533. The Hall–Kier alpha value is -1.39. The molecule has 19 heavy (non-hydrogen) atoms. The summed E-state index contributed by atoms with van der Waals surface area (Å²) in [7, 11) is 0. The van der Waals surface area contributed by atoms with E-state index in [1.807, 2.05) is 45.0 Å². The lowest BCUT2D eigenvalue weighted by Gasteiger charge is -2.25. The maximum atomic E-state index is 11.7. The molecule has 0 bridgehead atoms. The van der Waals surface area contributed by atoms with Crippen LogP contribution in [-0.4, -0.2) is 29.7 Å². The van der Waals surface area contributed by atoms with Crippen molar-refractivity contribution in [1.82, 2.24) is 5.32 Å². The molecule has 0 saturated carbocycles. The van der Waals surface area contributed by atoms with Crippen molar-refractivity contribution in [3.8, 4) is 0 Å². The number of carbonyl (C=O) groups is 1. The molecule has 1 amide bonds.